The van der Waals surface area contributed by atoms with Crippen LogP contribution in [0.25, 0.3) is 0 Å². The minimum Gasteiger partial charge on any atom is -0.444 e. The molecule has 0 aliphatic heterocycles. The fourth-order valence-electron chi connectivity index (χ4n) is 2.80. The Kier molecular flexibility index (Phi) is 13.9. The van der Waals surface area contributed by atoms with Gasteiger partial charge in [-0.25, -0.2) is 4.79 Å². The van der Waals surface area contributed by atoms with E-state index in [1.165, 1.54) is 6.20 Å². The van der Waals surface area contributed by atoms with Gasteiger partial charge in [0.2, 0.25) is 0 Å². The van der Waals surface area contributed by atoms with E-state index in [1.807, 2.05) is 32.7 Å². The number of ether oxygens (including phenoxy) is 1. The van der Waals surface area contributed by atoms with Crippen molar-refractivity contribution in [3.05, 3.63) is 30.1 Å². The molecule has 182 valence electrons. The molecule has 1 atom stereocenters. The van der Waals surface area contributed by atoms with Crippen molar-refractivity contribution in [2.24, 2.45) is 10.9 Å². The molecule has 10 heteroatoms. The van der Waals surface area contributed by atoms with Crippen molar-refractivity contribution in [1.82, 2.24) is 25.8 Å². The molecule has 0 spiro atoms. The summed E-state index contributed by atoms with van der Waals surface area (Å²) in [4.78, 5) is 34.4. The summed E-state index contributed by atoms with van der Waals surface area (Å²) >= 11 is 0. The zero-order valence-electron chi connectivity index (χ0n) is 20.3. The van der Waals surface area contributed by atoms with Crippen LogP contribution in [-0.2, 0) is 4.74 Å². The fraction of sp³-hybridized carbons (Fsp3) is 0.636. The zero-order valence-corrected chi connectivity index (χ0v) is 22.6. The number of guanidine groups is 1. The monoisotopic (exact) mass is 562 g/mol. The Morgan fingerprint density at radius 3 is 2.41 bits per heavy atom. The SMILES string of the molecule is CN=C(NCCNC(=O)c1cccnc1)N(C)CCC(NC(=O)OC(C)(C)C)C(C)C.I. The maximum absolute atomic E-state index is 12.1. The highest BCUT2D eigenvalue weighted by atomic mass is 127. The molecule has 1 aromatic rings. The quantitative estimate of drug-likeness (QED) is 0.185. The van der Waals surface area contributed by atoms with E-state index in [2.05, 4.69) is 39.8 Å². The van der Waals surface area contributed by atoms with Gasteiger partial charge in [0.05, 0.1) is 5.56 Å². The van der Waals surface area contributed by atoms with Crippen LogP contribution in [0.4, 0.5) is 4.79 Å². The number of aromatic nitrogens is 1. The van der Waals surface area contributed by atoms with Gasteiger partial charge in [-0.1, -0.05) is 13.8 Å². The topological polar surface area (TPSA) is 108 Å². The van der Waals surface area contributed by atoms with Crippen LogP contribution in [0.1, 0.15) is 51.4 Å². The predicted molar refractivity (Wildman–Crippen MR) is 139 cm³/mol. The van der Waals surface area contributed by atoms with Gasteiger partial charge < -0.3 is 25.6 Å². The van der Waals surface area contributed by atoms with Crippen LogP contribution in [0.5, 0.6) is 0 Å². The number of nitrogens with one attached hydrogen (secondary N) is 3. The van der Waals surface area contributed by atoms with E-state index >= 15 is 0 Å². The third-order valence-electron chi connectivity index (χ3n) is 4.47. The molecule has 2 amide bonds. The van der Waals surface area contributed by atoms with E-state index in [0.29, 0.717) is 25.2 Å². The second-order valence-electron chi connectivity index (χ2n) is 8.68. The number of rotatable bonds is 9. The molecule has 0 bridgehead atoms. The highest BCUT2D eigenvalue weighted by Gasteiger charge is 2.22. The number of aliphatic imine (C=N–C) groups is 1. The molecule has 3 N–H and O–H groups in total. The van der Waals surface area contributed by atoms with E-state index in [9.17, 15) is 9.59 Å². The second-order valence-corrected chi connectivity index (χ2v) is 8.68. The second kappa shape index (κ2) is 14.9. The molecule has 9 nitrogen and oxygen atoms in total. The first kappa shape index (κ1) is 29.9. The molecule has 0 aliphatic rings. The minimum absolute atomic E-state index is 0. The summed E-state index contributed by atoms with van der Waals surface area (Å²) in [5, 5.41) is 9.05. The summed E-state index contributed by atoms with van der Waals surface area (Å²) in [7, 11) is 3.65. The first-order chi connectivity index (χ1) is 14.5. The van der Waals surface area contributed by atoms with Gasteiger partial charge in [-0.15, -0.1) is 24.0 Å². The summed E-state index contributed by atoms with van der Waals surface area (Å²) in [5.74, 6) is 0.820. The Bertz CT molecular complexity index is 722. The van der Waals surface area contributed by atoms with Gasteiger partial charge in [-0.3, -0.25) is 14.8 Å². The lowest BCUT2D eigenvalue weighted by Crippen LogP contribution is -2.46. The van der Waals surface area contributed by atoms with Gasteiger partial charge in [-0.05, 0) is 45.2 Å². The first-order valence-electron chi connectivity index (χ1n) is 10.6. The normalized spacial score (nSPS) is 12.4. The molecule has 0 fully saturated rings. The highest BCUT2D eigenvalue weighted by molar-refractivity contribution is 14.0. The van der Waals surface area contributed by atoms with Gasteiger partial charge in [0, 0.05) is 52.2 Å². The third kappa shape index (κ3) is 12.1. The molecule has 0 saturated heterocycles. The molecule has 32 heavy (non-hydrogen) atoms. The maximum Gasteiger partial charge on any atom is 0.407 e. The average Bonchev–Trinajstić information content (AvgIpc) is 2.69. The van der Waals surface area contributed by atoms with Crippen molar-refractivity contribution in [3.8, 4) is 0 Å². The van der Waals surface area contributed by atoms with Crippen LogP contribution in [-0.4, -0.2) is 73.2 Å². The molecule has 1 rings (SSSR count). The Labute approximate surface area is 209 Å². The Morgan fingerprint density at radius 1 is 1.22 bits per heavy atom. The van der Waals surface area contributed by atoms with Crippen molar-refractivity contribution < 1.29 is 14.3 Å². The van der Waals surface area contributed by atoms with Gasteiger partial charge in [0.15, 0.2) is 5.96 Å². The number of nitrogens with zero attached hydrogens (tertiary/aromatic N) is 3. The molecular weight excluding hydrogens is 523 g/mol. The van der Waals surface area contributed by atoms with E-state index in [0.717, 1.165) is 12.4 Å². The van der Waals surface area contributed by atoms with Crippen molar-refractivity contribution in [3.63, 3.8) is 0 Å². The highest BCUT2D eigenvalue weighted by Crippen LogP contribution is 2.11. The largest absolute Gasteiger partial charge is 0.444 e. The lowest BCUT2D eigenvalue weighted by atomic mass is 10.0. The van der Waals surface area contributed by atoms with E-state index in [4.69, 9.17) is 4.74 Å². The Balaban J connectivity index is 0.00000961. The summed E-state index contributed by atoms with van der Waals surface area (Å²) in [6.45, 7) is 11.4. The van der Waals surface area contributed by atoms with Gasteiger partial charge >= 0.3 is 6.09 Å². The van der Waals surface area contributed by atoms with Crippen LogP contribution in [0, 0.1) is 5.92 Å². The van der Waals surface area contributed by atoms with Crippen molar-refractivity contribution in [2.45, 2.75) is 52.7 Å². The van der Waals surface area contributed by atoms with Crippen molar-refractivity contribution in [1.29, 1.82) is 0 Å². The number of hydrogen-bond acceptors (Lipinski definition) is 5. The minimum atomic E-state index is -0.527. The Morgan fingerprint density at radius 2 is 1.88 bits per heavy atom. The maximum atomic E-state index is 12.1. The molecular formula is C22H39IN6O3. The average molecular weight is 562 g/mol. The molecule has 0 radical (unpaired) electrons. The van der Waals surface area contributed by atoms with Crippen LogP contribution >= 0.6 is 24.0 Å². The summed E-state index contributed by atoms with van der Waals surface area (Å²) < 4.78 is 5.37. The number of hydrogen-bond donors (Lipinski definition) is 3. The van der Waals surface area contributed by atoms with Gasteiger partial charge in [0.1, 0.15) is 5.60 Å². The summed E-state index contributed by atoms with van der Waals surface area (Å²) in [6, 6.07) is 3.43. The molecule has 1 aromatic heterocycles. The summed E-state index contributed by atoms with van der Waals surface area (Å²) in [6.07, 6.45) is 3.50. The van der Waals surface area contributed by atoms with E-state index in [-0.39, 0.29) is 41.8 Å². The third-order valence-corrected chi connectivity index (χ3v) is 4.47. The van der Waals surface area contributed by atoms with Crippen LogP contribution in [0.3, 0.4) is 0 Å². The zero-order chi connectivity index (χ0) is 23.4. The fourth-order valence-corrected chi connectivity index (χ4v) is 2.80. The number of pyridine rings is 1. The molecule has 0 saturated carbocycles. The lowest BCUT2D eigenvalue weighted by molar-refractivity contribution is 0.0485. The Hall–Kier alpha value is -2.11. The molecule has 1 unspecified atom stereocenters. The standard InChI is InChI=1S/C22H38N6O3.HI/c1-16(2)18(27-21(30)31-22(3,4)5)10-14-28(7)20(23-6)26-13-12-25-19(29)17-9-8-11-24-15-17;/h8-9,11,15-16,18H,10,12-14H2,1-7H3,(H,23,26)(H,25,29)(H,27,30);1H. The van der Waals surface area contributed by atoms with Gasteiger partial charge in [-0.2, -0.15) is 0 Å². The molecule has 0 aromatic carbocycles. The van der Waals surface area contributed by atoms with Crippen molar-refractivity contribution >= 4 is 41.9 Å². The van der Waals surface area contributed by atoms with Crippen molar-refractivity contribution in [2.75, 3.05) is 33.7 Å². The molecule has 0 aliphatic carbocycles. The van der Waals surface area contributed by atoms with Crippen LogP contribution < -0.4 is 16.0 Å². The number of alkyl carbamates (subject to hydrolysis) is 1. The van der Waals surface area contributed by atoms with Crippen LogP contribution in [0.15, 0.2) is 29.5 Å². The number of amides is 2. The number of carbonyl (C=O) groups excluding carboxylic acids is 2. The lowest BCUT2D eigenvalue weighted by Gasteiger charge is -2.28. The van der Waals surface area contributed by atoms with Gasteiger partial charge in [0.25, 0.3) is 5.91 Å². The van der Waals surface area contributed by atoms with E-state index in [1.54, 1.807) is 25.4 Å². The first-order valence-corrected chi connectivity index (χ1v) is 10.6. The van der Waals surface area contributed by atoms with Crippen LogP contribution in [0.2, 0.25) is 0 Å². The smallest absolute Gasteiger partial charge is 0.407 e. The molecule has 1 heterocycles. The summed E-state index contributed by atoms with van der Waals surface area (Å²) in [5.41, 5.74) is 0.00192. The number of carbonyl (C=O) groups is 2. The number of halogens is 1. The predicted octanol–water partition coefficient (Wildman–Crippen LogP) is 2.88. The van der Waals surface area contributed by atoms with E-state index < -0.39 is 11.7 Å².